The highest BCUT2D eigenvalue weighted by Gasteiger charge is 2.09. The molecule has 6 heteroatoms. The fourth-order valence-corrected chi connectivity index (χ4v) is 2.70. The van der Waals surface area contributed by atoms with Crippen LogP contribution in [-0.2, 0) is 24.9 Å². The zero-order valence-corrected chi connectivity index (χ0v) is 15.3. The first kappa shape index (κ1) is 18.4. The van der Waals surface area contributed by atoms with E-state index < -0.39 is 0 Å². The first-order valence-corrected chi connectivity index (χ1v) is 8.32. The summed E-state index contributed by atoms with van der Waals surface area (Å²) < 4.78 is 7.70. The molecule has 2 rings (SSSR count). The van der Waals surface area contributed by atoms with Crippen molar-refractivity contribution in [1.82, 2.24) is 14.8 Å². The van der Waals surface area contributed by atoms with Crippen LogP contribution in [-0.4, -0.2) is 42.7 Å². The molecule has 130 valence electrons. The third kappa shape index (κ3) is 5.58. The Labute approximate surface area is 148 Å². The largest absolute Gasteiger partial charge is 0.375 e. The summed E-state index contributed by atoms with van der Waals surface area (Å²) in [6.07, 6.45) is 1.90. The Kier molecular flexibility index (Phi) is 7.15. The van der Waals surface area contributed by atoms with Crippen LogP contribution in [0.25, 0.3) is 0 Å². The lowest BCUT2D eigenvalue weighted by Crippen LogP contribution is -2.40. The molecule has 0 saturated carbocycles. The van der Waals surface area contributed by atoms with Crippen molar-refractivity contribution in [2.45, 2.75) is 13.2 Å². The number of aromatic nitrogens is 1. The van der Waals surface area contributed by atoms with Crippen molar-refractivity contribution in [2.24, 2.45) is 12.0 Å². The molecule has 1 heterocycles. The molecule has 0 aliphatic heterocycles. The molecular formula is C18H25ClN4O. The molecule has 24 heavy (non-hydrogen) atoms. The molecule has 1 N–H and O–H groups in total. The second-order valence-corrected chi connectivity index (χ2v) is 6.07. The summed E-state index contributed by atoms with van der Waals surface area (Å²) in [5.41, 5.74) is 2.31. The van der Waals surface area contributed by atoms with E-state index in [0.29, 0.717) is 19.8 Å². The Morgan fingerprint density at radius 1 is 1.33 bits per heavy atom. The van der Waals surface area contributed by atoms with E-state index in [1.807, 2.05) is 49.1 Å². The van der Waals surface area contributed by atoms with E-state index >= 15 is 0 Å². The fraction of sp³-hybridized carbons (Fsp3) is 0.389. The number of aryl methyl sites for hydroxylation is 1. The van der Waals surface area contributed by atoms with Crippen molar-refractivity contribution in [1.29, 1.82) is 0 Å². The number of ether oxygens (including phenoxy) is 1. The van der Waals surface area contributed by atoms with Gasteiger partial charge in [0.05, 0.1) is 24.8 Å². The van der Waals surface area contributed by atoms with Gasteiger partial charge in [-0.05, 0) is 11.6 Å². The molecule has 0 aliphatic rings. The molecule has 0 fully saturated rings. The number of hydrogen-bond donors (Lipinski definition) is 1. The van der Waals surface area contributed by atoms with Gasteiger partial charge in [-0.15, -0.1) is 0 Å². The van der Waals surface area contributed by atoms with Gasteiger partial charge >= 0.3 is 0 Å². The topological polar surface area (TPSA) is 41.8 Å². The molecule has 0 atom stereocenters. The summed E-state index contributed by atoms with van der Waals surface area (Å²) in [6.45, 7) is 2.68. The van der Waals surface area contributed by atoms with E-state index in [1.165, 1.54) is 5.56 Å². The third-order valence-corrected chi connectivity index (χ3v) is 3.89. The van der Waals surface area contributed by atoms with Crippen LogP contribution in [0.3, 0.4) is 0 Å². The predicted molar refractivity (Wildman–Crippen MR) is 99.3 cm³/mol. The van der Waals surface area contributed by atoms with Crippen molar-refractivity contribution < 1.29 is 4.74 Å². The average molecular weight is 349 g/mol. The molecule has 0 spiro atoms. The minimum Gasteiger partial charge on any atom is -0.375 e. The van der Waals surface area contributed by atoms with E-state index in [2.05, 4.69) is 27.3 Å². The van der Waals surface area contributed by atoms with Gasteiger partial charge in [0.2, 0.25) is 0 Å². The lowest BCUT2D eigenvalue weighted by molar-refractivity contribution is 0.125. The Morgan fingerprint density at radius 3 is 2.71 bits per heavy atom. The monoisotopic (exact) mass is 348 g/mol. The maximum absolute atomic E-state index is 6.03. The van der Waals surface area contributed by atoms with Crippen molar-refractivity contribution in [3.05, 3.63) is 58.9 Å². The molecule has 0 radical (unpaired) electrons. The van der Waals surface area contributed by atoms with E-state index in [4.69, 9.17) is 16.3 Å². The fourth-order valence-electron chi connectivity index (χ4n) is 2.43. The third-order valence-electron chi connectivity index (χ3n) is 3.69. The molecule has 5 nitrogen and oxygen atoms in total. The Hall–Kier alpha value is -1.98. The van der Waals surface area contributed by atoms with Crippen molar-refractivity contribution in [3.8, 4) is 0 Å². The number of hydrogen-bond acceptors (Lipinski definition) is 2. The quantitative estimate of drug-likeness (QED) is 0.475. The van der Waals surface area contributed by atoms with Crippen LogP contribution in [0.2, 0.25) is 5.02 Å². The lowest BCUT2D eigenvalue weighted by atomic mass is 10.2. The maximum Gasteiger partial charge on any atom is 0.193 e. The number of nitrogens with zero attached hydrogens (tertiary/aromatic N) is 3. The molecule has 1 aromatic carbocycles. The molecule has 1 aromatic heterocycles. The molecule has 0 saturated heterocycles. The molecule has 0 bridgehead atoms. The van der Waals surface area contributed by atoms with Crippen LogP contribution in [0, 0.1) is 0 Å². The van der Waals surface area contributed by atoms with Gasteiger partial charge in [-0.25, -0.2) is 0 Å². The summed E-state index contributed by atoms with van der Waals surface area (Å²) in [4.78, 5) is 6.37. The van der Waals surface area contributed by atoms with E-state index in [0.717, 1.165) is 23.2 Å². The number of rotatable bonds is 7. The number of guanidine groups is 1. The SMILES string of the molecule is CN=C(NCCOCc1ccccc1)N(C)Cc1cc(Cl)cn1C. The van der Waals surface area contributed by atoms with E-state index in [9.17, 15) is 0 Å². The molecular weight excluding hydrogens is 324 g/mol. The summed E-state index contributed by atoms with van der Waals surface area (Å²) in [5, 5.41) is 4.06. The lowest BCUT2D eigenvalue weighted by Gasteiger charge is -2.22. The zero-order chi connectivity index (χ0) is 17.4. The van der Waals surface area contributed by atoms with Crippen LogP contribution in [0.5, 0.6) is 0 Å². The average Bonchev–Trinajstić information content (AvgIpc) is 2.89. The Balaban J connectivity index is 1.72. The minimum absolute atomic E-state index is 0.623. The Bertz CT molecular complexity index is 654. The Morgan fingerprint density at radius 2 is 2.08 bits per heavy atom. The van der Waals surface area contributed by atoms with Gasteiger partial charge in [-0.2, -0.15) is 0 Å². The highest BCUT2D eigenvalue weighted by molar-refractivity contribution is 6.30. The number of nitrogens with one attached hydrogen (secondary N) is 1. The van der Waals surface area contributed by atoms with Crippen molar-refractivity contribution >= 4 is 17.6 Å². The molecule has 0 unspecified atom stereocenters. The number of benzene rings is 1. The zero-order valence-electron chi connectivity index (χ0n) is 14.5. The van der Waals surface area contributed by atoms with Gasteiger partial charge in [0.25, 0.3) is 0 Å². The van der Waals surface area contributed by atoms with Gasteiger partial charge in [0, 0.05) is 39.6 Å². The van der Waals surface area contributed by atoms with Crippen LogP contribution in [0.15, 0.2) is 47.6 Å². The predicted octanol–water partition coefficient (Wildman–Crippen LogP) is 2.90. The minimum atomic E-state index is 0.623. The summed E-state index contributed by atoms with van der Waals surface area (Å²) >= 11 is 6.03. The van der Waals surface area contributed by atoms with Gasteiger partial charge < -0.3 is 19.5 Å². The first-order valence-electron chi connectivity index (χ1n) is 7.94. The second kappa shape index (κ2) is 9.35. The smallest absolute Gasteiger partial charge is 0.193 e. The summed E-state index contributed by atoms with van der Waals surface area (Å²) in [7, 11) is 5.77. The summed E-state index contributed by atoms with van der Waals surface area (Å²) in [5.74, 6) is 0.829. The van der Waals surface area contributed by atoms with Gasteiger partial charge in [-0.3, -0.25) is 4.99 Å². The van der Waals surface area contributed by atoms with Gasteiger partial charge in [0.1, 0.15) is 0 Å². The van der Waals surface area contributed by atoms with Crippen LogP contribution in [0.4, 0.5) is 0 Å². The molecule has 2 aromatic rings. The molecule has 0 aliphatic carbocycles. The number of aliphatic imine (C=N–C) groups is 1. The van der Waals surface area contributed by atoms with Crippen molar-refractivity contribution in [2.75, 3.05) is 27.2 Å². The highest BCUT2D eigenvalue weighted by Crippen LogP contribution is 2.14. The first-order chi connectivity index (χ1) is 11.6. The normalized spacial score (nSPS) is 11.6. The highest BCUT2D eigenvalue weighted by atomic mass is 35.5. The number of halogens is 1. The summed E-state index contributed by atoms with van der Waals surface area (Å²) in [6, 6.07) is 12.1. The van der Waals surface area contributed by atoms with Gasteiger partial charge in [0.15, 0.2) is 5.96 Å². The van der Waals surface area contributed by atoms with Crippen LogP contribution in [0.1, 0.15) is 11.3 Å². The second-order valence-electron chi connectivity index (χ2n) is 5.63. The van der Waals surface area contributed by atoms with E-state index in [1.54, 1.807) is 7.05 Å². The van der Waals surface area contributed by atoms with Crippen LogP contribution < -0.4 is 5.32 Å². The standard InChI is InChI=1S/C18H25ClN4O/c1-20-18(23(3)13-17-11-16(19)12-22(17)2)21-9-10-24-14-15-7-5-4-6-8-15/h4-8,11-12H,9-10,13-14H2,1-3H3,(H,20,21). The van der Waals surface area contributed by atoms with Crippen molar-refractivity contribution in [3.63, 3.8) is 0 Å². The van der Waals surface area contributed by atoms with Gasteiger partial charge in [-0.1, -0.05) is 41.9 Å². The molecule has 0 amide bonds. The van der Waals surface area contributed by atoms with E-state index in [-0.39, 0.29) is 0 Å². The van der Waals surface area contributed by atoms with Crippen LogP contribution >= 0.6 is 11.6 Å². The maximum atomic E-state index is 6.03.